The lowest BCUT2D eigenvalue weighted by atomic mass is 9.80. The fraction of sp³-hybridized carbons (Fsp3) is 0.875. The minimum Gasteiger partial charge on any atom is -0.391 e. The molecule has 0 aliphatic heterocycles. The molecule has 0 bridgehead atoms. The minimum atomic E-state index is -0.489. The third-order valence-electron chi connectivity index (χ3n) is 3.36. The van der Waals surface area contributed by atoms with Gasteiger partial charge in [-0.3, -0.25) is 0 Å². The summed E-state index contributed by atoms with van der Waals surface area (Å²) in [5, 5.41) is 27.0. The van der Waals surface area contributed by atoms with E-state index in [-0.39, 0.29) is 0 Å². The second kappa shape index (κ2) is 9.50. The first kappa shape index (κ1) is 19.6. The van der Waals surface area contributed by atoms with Crippen LogP contribution in [-0.4, -0.2) is 46.3 Å². The highest BCUT2D eigenvalue weighted by atomic mass is 16.5. The van der Waals surface area contributed by atoms with Crippen molar-refractivity contribution in [3.05, 3.63) is 11.6 Å². The predicted molar refractivity (Wildman–Crippen MR) is 81.6 cm³/mol. The normalized spacial score (nSPS) is 22.4. The van der Waals surface area contributed by atoms with Gasteiger partial charge in [0.25, 0.3) is 0 Å². The van der Waals surface area contributed by atoms with Crippen molar-refractivity contribution < 1.29 is 20.1 Å². The lowest BCUT2D eigenvalue weighted by molar-refractivity contribution is 0.00391. The van der Waals surface area contributed by atoms with E-state index >= 15 is 0 Å². The van der Waals surface area contributed by atoms with Gasteiger partial charge >= 0.3 is 0 Å². The number of ether oxygens (including phenoxy) is 1. The van der Waals surface area contributed by atoms with Gasteiger partial charge in [-0.25, -0.2) is 0 Å². The third kappa shape index (κ3) is 10.4. The molecule has 20 heavy (non-hydrogen) atoms. The molecule has 0 saturated heterocycles. The molecule has 0 saturated carbocycles. The van der Waals surface area contributed by atoms with E-state index in [1.807, 2.05) is 13.8 Å². The monoisotopic (exact) mass is 288 g/mol. The van der Waals surface area contributed by atoms with Crippen LogP contribution in [0.5, 0.6) is 0 Å². The molecule has 0 heterocycles. The van der Waals surface area contributed by atoms with Crippen LogP contribution in [-0.2, 0) is 4.74 Å². The summed E-state index contributed by atoms with van der Waals surface area (Å²) in [6.07, 6.45) is 4.73. The van der Waals surface area contributed by atoms with Gasteiger partial charge in [0.1, 0.15) is 0 Å². The second-order valence-electron chi connectivity index (χ2n) is 6.41. The highest BCUT2D eigenvalue weighted by Gasteiger charge is 2.27. The quantitative estimate of drug-likeness (QED) is 0.679. The Balaban J connectivity index is 0.000000370. The van der Waals surface area contributed by atoms with Crippen molar-refractivity contribution in [3.8, 4) is 0 Å². The SMILES string of the molecule is CC(O)COCC(C)O.CC1=CCC(C(C)(C)O)CC1. The van der Waals surface area contributed by atoms with Gasteiger partial charge in [-0.05, 0) is 59.8 Å². The Kier molecular flexibility index (Phi) is 9.30. The number of hydrogen-bond acceptors (Lipinski definition) is 4. The van der Waals surface area contributed by atoms with Crippen molar-refractivity contribution in [1.82, 2.24) is 0 Å². The van der Waals surface area contributed by atoms with Crippen molar-refractivity contribution in [1.29, 1.82) is 0 Å². The summed E-state index contributed by atoms with van der Waals surface area (Å²) in [4.78, 5) is 0. The summed E-state index contributed by atoms with van der Waals surface area (Å²) >= 11 is 0. The van der Waals surface area contributed by atoms with Gasteiger partial charge in [-0.1, -0.05) is 11.6 Å². The maximum absolute atomic E-state index is 9.70. The Labute approximate surface area is 123 Å². The van der Waals surface area contributed by atoms with E-state index < -0.39 is 17.8 Å². The van der Waals surface area contributed by atoms with Crippen LogP contribution < -0.4 is 0 Å². The Bertz CT molecular complexity index is 269. The molecule has 1 rings (SSSR count). The maximum atomic E-state index is 9.70. The largest absolute Gasteiger partial charge is 0.391 e. The van der Waals surface area contributed by atoms with Crippen molar-refractivity contribution in [2.45, 2.75) is 71.7 Å². The van der Waals surface area contributed by atoms with E-state index in [0.717, 1.165) is 19.3 Å². The van der Waals surface area contributed by atoms with Gasteiger partial charge < -0.3 is 20.1 Å². The molecule has 120 valence electrons. The Hall–Kier alpha value is -0.420. The molecule has 3 atom stereocenters. The average molecular weight is 288 g/mol. The van der Waals surface area contributed by atoms with E-state index in [0.29, 0.717) is 19.1 Å². The zero-order valence-corrected chi connectivity index (χ0v) is 13.6. The van der Waals surface area contributed by atoms with Crippen molar-refractivity contribution in [3.63, 3.8) is 0 Å². The van der Waals surface area contributed by atoms with Crippen LogP contribution in [0.1, 0.15) is 53.9 Å². The smallest absolute Gasteiger partial charge is 0.0745 e. The van der Waals surface area contributed by atoms with Crippen LogP contribution in [0.3, 0.4) is 0 Å². The van der Waals surface area contributed by atoms with Gasteiger partial charge in [0.2, 0.25) is 0 Å². The first-order valence-corrected chi connectivity index (χ1v) is 7.44. The molecular formula is C16H32O4. The number of allylic oxidation sites excluding steroid dienone is 2. The average Bonchev–Trinajstić information content (AvgIpc) is 2.28. The van der Waals surface area contributed by atoms with Crippen LogP contribution in [0.2, 0.25) is 0 Å². The fourth-order valence-electron chi connectivity index (χ4n) is 2.02. The standard InChI is InChI=1S/C10H18O.C6H14O3/c1-8-4-6-9(7-5-8)10(2,3)11;1-5(7)3-9-4-6(2)8/h4,9,11H,5-7H2,1-3H3;5-8H,3-4H2,1-2H3. The van der Waals surface area contributed by atoms with Crippen molar-refractivity contribution in [2.24, 2.45) is 5.92 Å². The molecule has 0 fully saturated rings. The third-order valence-corrected chi connectivity index (χ3v) is 3.36. The second-order valence-corrected chi connectivity index (χ2v) is 6.41. The zero-order chi connectivity index (χ0) is 15.8. The van der Waals surface area contributed by atoms with Crippen LogP contribution in [0.15, 0.2) is 11.6 Å². The fourth-order valence-corrected chi connectivity index (χ4v) is 2.02. The summed E-state index contributed by atoms with van der Waals surface area (Å²) in [7, 11) is 0. The number of aliphatic hydroxyl groups is 3. The van der Waals surface area contributed by atoms with Crippen LogP contribution >= 0.6 is 0 Å². The predicted octanol–water partition coefficient (Wildman–Crippen LogP) is 2.27. The summed E-state index contributed by atoms with van der Waals surface area (Å²) in [5.41, 5.74) is 0.988. The Morgan fingerprint density at radius 3 is 2.05 bits per heavy atom. The summed E-state index contributed by atoms with van der Waals surface area (Å²) in [5.74, 6) is 0.464. The lowest BCUT2D eigenvalue weighted by Gasteiger charge is -2.31. The molecule has 0 aromatic rings. The van der Waals surface area contributed by atoms with E-state index in [2.05, 4.69) is 13.0 Å². The maximum Gasteiger partial charge on any atom is 0.0745 e. The molecule has 3 N–H and O–H groups in total. The molecule has 0 spiro atoms. The summed E-state index contributed by atoms with van der Waals surface area (Å²) < 4.78 is 4.86. The molecular weight excluding hydrogens is 256 g/mol. The minimum absolute atomic E-state index is 0.297. The molecule has 4 heteroatoms. The van der Waals surface area contributed by atoms with Gasteiger partial charge in [0.15, 0.2) is 0 Å². The van der Waals surface area contributed by atoms with Gasteiger partial charge in [0, 0.05) is 0 Å². The first-order chi connectivity index (χ1) is 9.12. The van der Waals surface area contributed by atoms with Gasteiger partial charge in [0.05, 0.1) is 31.0 Å². The van der Waals surface area contributed by atoms with E-state index in [1.165, 1.54) is 5.57 Å². The molecule has 1 aliphatic rings. The molecule has 3 unspecified atom stereocenters. The zero-order valence-electron chi connectivity index (χ0n) is 13.6. The van der Waals surface area contributed by atoms with Crippen molar-refractivity contribution >= 4 is 0 Å². The molecule has 0 radical (unpaired) electrons. The molecule has 0 aromatic heterocycles. The number of rotatable bonds is 5. The van der Waals surface area contributed by atoms with Crippen LogP contribution in [0, 0.1) is 5.92 Å². The first-order valence-electron chi connectivity index (χ1n) is 7.44. The highest BCUT2D eigenvalue weighted by molar-refractivity contribution is 5.04. The number of aliphatic hydroxyl groups excluding tert-OH is 2. The molecule has 0 aromatic carbocycles. The lowest BCUT2D eigenvalue weighted by Crippen LogP contribution is -2.31. The molecule has 1 aliphatic carbocycles. The van der Waals surface area contributed by atoms with Gasteiger partial charge in [-0.15, -0.1) is 0 Å². The molecule has 4 nitrogen and oxygen atoms in total. The van der Waals surface area contributed by atoms with E-state index in [1.54, 1.807) is 13.8 Å². The van der Waals surface area contributed by atoms with E-state index in [4.69, 9.17) is 14.9 Å². The summed E-state index contributed by atoms with van der Waals surface area (Å²) in [6.45, 7) is 9.86. The Morgan fingerprint density at radius 1 is 1.25 bits per heavy atom. The van der Waals surface area contributed by atoms with E-state index in [9.17, 15) is 5.11 Å². The van der Waals surface area contributed by atoms with Crippen molar-refractivity contribution in [2.75, 3.05) is 13.2 Å². The Morgan fingerprint density at radius 2 is 1.75 bits per heavy atom. The number of hydrogen-bond donors (Lipinski definition) is 3. The van der Waals surface area contributed by atoms with Crippen LogP contribution in [0.4, 0.5) is 0 Å². The highest BCUT2D eigenvalue weighted by Crippen LogP contribution is 2.31. The van der Waals surface area contributed by atoms with Gasteiger partial charge in [-0.2, -0.15) is 0 Å². The summed E-state index contributed by atoms with van der Waals surface area (Å²) in [6, 6.07) is 0. The molecule has 0 amide bonds. The topological polar surface area (TPSA) is 69.9 Å². The van der Waals surface area contributed by atoms with Crippen LogP contribution in [0.25, 0.3) is 0 Å².